The number of β-amino-alcohol motifs (C(OH)–C–C–N with tert-alkyl or cyclic N) is 1. The molecule has 0 aromatic carbocycles. The number of guanidine groups is 1. The number of hydrogen-bond donors (Lipinski definition) is 2. The minimum atomic E-state index is -0.214. The van der Waals surface area contributed by atoms with E-state index in [1.54, 1.807) is 0 Å². The first-order valence-electron chi connectivity index (χ1n) is 9.14. The Bertz CT molecular complexity index is 533. The van der Waals surface area contributed by atoms with E-state index in [4.69, 9.17) is 4.99 Å². The van der Waals surface area contributed by atoms with E-state index >= 15 is 0 Å². The highest BCUT2D eigenvalue weighted by atomic mass is 32.1. The Morgan fingerprint density at radius 3 is 2.96 bits per heavy atom. The molecule has 3 rings (SSSR count). The van der Waals surface area contributed by atoms with E-state index in [2.05, 4.69) is 46.6 Å². The number of aliphatic hydroxyl groups is 1. The van der Waals surface area contributed by atoms with Crippen LogP contribution in [0.15, 0.2) is 22.5 Å². The molecule has 2 fully saturated rings. The average molecular weight is 351 g/mol. The number of piperidine rings is 1. The molecule has 5 nitrogen and oxygen atoms in total. The number of aliphatic hydroxyl groups excluding tert-OH is 1. The van der Waals surface area contributed by atoms with Gasteiger partial charge in [-0.05, 0) is 57.1 Å². The number of rotatable bonds is 4. The van der Waals surface area contributed by atoms with Gasteiger partial charge >= 0.3 is 0 Å². The monoisotopic (exact) mass is 350 g/mol. The zero-order chi connectivity index (χ0) is 16.9. The van der Waals surface area contributed by atoms with Crippen molar-refractivity contribution in [3.8, 4) is 0 Å². The van der Waals surface area contributed by atoms with Gasteiger partial charge < -0.3 is 15.3 Å². The lowest BCUT2D eigenvalue weighted by Gasteiger charge is -2.38. The summed E-state index contributed by atoms with van der Waals surface area (Å²) >= 11 is 1.86. The number of aliphatic imine (C=N–C) groups is 1. The van der Waals surface area contributed by atoms with E-state index in [1.807, 2.05) is 11.3 Å². The van der Waals surface area contributed by atoms with Crippen molar-refractivity contribution >= 4 is 17.3 Å². The lowest BCUT2D eigenvalue weighted by Crippen LogP contribution is -2.42. The van der Waals surface area contributed by atoms with Crippen LogP contribution in [0.3, 0.4) is 0 Å². The second-order valence-corrected chi connectivity index (χ2v) is 7.91. The third-order valence-electron chi connectivity index (χ3n) is 5.12. The van der Waals surface area contributed by atoms with Gasteiger partial charge in [-0.2, -0.15) is 0 Å². The van der Waals surface area contributed by atoms with Crippen LogP contribution in [0.5, 0.6) is 0 Å². The van der Waals surface area contributed by atoms with Crippen LogP contribution in [0.4, 0.5) is 0 Å². The first kappa shape index (κ1) is 17.7. The lowest BCUT2D eigenvalue weighted by atomic mass is 9.88. The maximum atomic E-state index is 9.81. The Balaban J connectivity index is 1.71. The highest BCUT2D eigenvalue weighted by molar-refractivity contribution is 7.10. The number of nitrogens with one attached hydrogen (secondary N) is 1. The van der Waals surface area contributed by atoms with Crippen LogP contribution in [0.25, 0.3) is 0 Å². The highest BCUT2D eigenvalue weighted by Crippen LogP contribution is 2.37. The fourth-order valence-electron chi connectivity index (χ4n) is 3.92. The van der Waals surface area contributed by atoms with Crippen molar-refractivity contribution in [1.82, 2.24) is 15.1 Å². The van der Waals surface area contributed by atoms with Crippen molar-refractivity contribution in [2.45, 2.75) is 38.3 Å². The molecular weight excluding hydrogens is 320 g/mol. The largest absolute Gasteiger partial charge is 0.391 e. The summed E-state index contributed by atoms with van der Waals surface area (Å²) in [7, 11) is 2.24. The second-order valence-electron chi connectivity index (χ2n) is 6.93. The molecule has 2 unspecified atom stereocenters. The fourth-order valence-corrected chi connectivity index (χ4v) is 4.91. The van der Waals surface area contributed by atoms with Gasteiger partial charge in [-0.1, -0.05) is 6.07 Å². The second kappa shape index (κ2) is 8.32. The molecule has 0 saturated carbocycles. The van der Waals surface area contributed by atoms with Crippen LogP contribution in [0.2, 0.25) is 0 Å². The summed E-state index contributed by atoms with van der Waals surface area (Å²) in [6.07, 6.45) is 3.11. The first-order chi connectivity index (χ1) is 11.7. The Morgan fingerprint density at radius 1 is 1.42 bits per heavy atom. The quantitative estimate of drug-likeness (QED) is 0.645. The predicted octanol–water partition coefficient (Wildman–Crippen LogP) is 2.16. The molecule has 2 aliphatic heterocycles. The van der Waals surface area contributed by atoms with E-state index in [9.17, 15) is 5.11 Å². The summed E-state index contributed by atoms with van der Waals surface area (Å²) in [5.74, 6) is 1.52. The lowest BCUT2D eigenvalue weighted by molar-refractivity contribution is 0.128. The molecular formula is C18H30N4OS. The summed E-state index contributed by atoms with van der Waals surface area (Å²) in [6.45, 7) is 6.58. The summed E-state index contributed by atoms with van der Waals surface area (Å²) in [4.78, 5) is 11.1. The number of nitrogens with zero attached hydrogens (tertiary/aromatic N) is 3. The molecule has 3 heterocycles. The van der Waals surface area contributed by atoms with Crippen LogP contribution in [-0.2, 0) is 0 Å². The molecule has 0 amide bonds. The molecule has 0 bridgehead atoms. The summed E-state index contributed by atoms with van der Waals surface area (Å²) < 4.78 is 0. The normalized spacial score (nSPS) is 29.2. The van der Waals surface area contributed by atoms with E-state index in [0.717, 1.165) is 32.0 Å². The van der Waals surface area contributed by atoms with Gasteiger partial charge in [-0.25, -0.2) is 0 Å². The Hall–Kier alpha value is -1.11. The molecule has 1 aromatic heterocycles. The number of thiophene rings is 1. The van der Waals surface area contributed by atoms with Crippen LogP contribution in [0.1, 0.15) is 37.1 Å². The first-order valence-corrected chi connectivity index (χ1v) is 10.0. The molecule has 0 spiro atoms. The van der Waals surface area contributed by atoms with Crippen molar-refractivity contribution in [2.24, 2.45) is 10.9 Å². The van der Waals surface area contributed by atoms with Gasteiger partial charge in [0.1, 0.15) is 0 Å². The topological polar surface area (TPSA) is 51.1 Å². The molecule has 0 aliphatic carbocycles. The van der Waals surface area contributed by atoms with Crippen LogP contribution in [-0.4, -0.2) is 66.7 Å². The maximum Gasteiger partial charge on any atom is 0.194 e. The zero-order valence-electron chi connectivity index (χ0n) is 14.8. The Labute approximate surface area is 149 Å². The van der Waals surface area contributed by atoms with Gasteiger partial charge in [-0.15, -0.1) is 11.3 Å². The molecule has 6 heteroatoms. The van der Waals surface area contributed by atoms with Crippen molar-refractivity contribution in [3.63, 3.8) is 0 Å². The molecule has 2 saturated heterocycles. The van der Waals surface area contributed by atoms with Crippen molar-refractivity contribution in [3.05, 3.63) is 22.4 Å². The summed E-state index contributed by atoms with van der Waals surface area (Å²) in [6, 6.07) is 4.89. The van der Waals surface area contributed by atoms with Gasteiger partial charge in [0.05, 0.1) is 6.10 Å². The van der Waals surface area contributed by atoms with E-state index in [-0.39, 0.29) is 6.10 Å². The van der Waals surface area contributed by atoms with Gasteiger partial charge in [0.25, 0.3) is 0 Å². The van der Waals surface area contributed by atoms with Crippen molar-refractivity contribution in [2.75, 3.05) is 39.8 Å². The fraction of sp³-hybridized carbons (Fsp3) is 0.722. The van der Waals surface area contributed by atoms with Crippen LogP contribution < -0.4 is 5.32 Å². The number of hydrogen-bond acceptors (Lipinski definition) is 4. The summed E-state index contributed by atoms with van der Waals surface area (Å²) in [5, 5.41) is 15.4. The SMILES string of the molecule is CCNC(=NCC1CCCN(C)C1c1cccs1)N1CC[C@@H](O)C1. The molecule has 1 aromatic rings. The van der Waals surface area contributed by atoms with E-state index in [1.165, 1.54) is 24.3 Å². The van der Waals surface area contributed by atoms with Gasteiger partial charge in [-0.3, -0.25) is 9.89 Å². The third-order valence-corrected chi connectivity index (χ3v) is 6.06. The smallest absolute Gasteiger partial charge is 0.194 e. The molecule has 0 radical (unpaired) electrons. The standard InChI is InChI=1S/C18H30N4OS/c1-3-19-18(22-10-8-15(23)13-22)20-12-14-6-4-9-21(2)17(14)16-7-5-11-24-16/h5,7,11,14-15,17,23H,3-4,6,8-10,12-13H2,1-2H3,(H,19,20)/t14?,15-,17?/m1/s1. The molecule has 3 atom stereocenters. The molecule has 2 aliphatic rings. The molecule has 2 N–H and O–H groups in total. The van der Waals surface area contributed by atoms with E-state index < -0.39 is 0 Å². The van der Waals surface area contributed by atoms with Crippen LogP contribution >= 0.6 is 11.3 Å². The zero-order valence-corrected chi connectivity index (χ0v) is 15.6. The van der Waals surface area contributed by atoms with Crippen LogP contribution in [0, 0.1) is 5.92 Å². The summed E-state index contributed by atoms with van der Waals surface area (Å²) in [5.41, 5.74) is 0. The average Bonchev–Trinajstić information content (AvgIpc) is 3.23. The van der Waals surface area contributed by atoms with Crippen molar-refractivity contribution < 1.29 is 5.11 Å². The highest BCUT2D eigenvalue weighted by Gasteiger charge is 2.31. The van der Waals surface area contributed by atoms with E-state index in [0.29, 0.717) is 18.5 Å². The number of likely N-dealkylation sites (tertiary alicyclic amines) is 2. The predicted molar refractivity (Wildman–Crippen MR) is 101 cm³/mol. The van der Waals surface area contributed by atoms with Gasteiger partial charge in [0.2, 0.25) is 0 Å². The van der Waals surface area contributed by atoms with Gasteiger partial charge in [0.15, 0.2) is 5.96 Å². The molecule has 24 heavy (non-hydrogen) atoms. The maximum absolute atomic E-state index is 9.81. The Morgan fingerprint density at radius 2 is 2.29 bits per heavy atom. The minimum absolute atomic E-state index is 0.214. The van der Waals surface area contributed by atoms with Crippen molar-refractivity contribution in [1.29, 1.82) is 0 Å². The Kier molecular flexibility index (Phi) is 6.14. The minimum Gasteiger partial charge on any atom is -0.391 e. The van der Waals surface area contributed by atoms with Gasteiger partial charge in [0, 0.05) is 37.1 Å². The third kappa shape index (κ3) is 4.10. The molecule has 134 valence electrons.